The number of aromatic nitrogens is 1. The zero-order valence-electron chi connectivity index (χ0n) is 13.1. The number of carboxylic acids is 1. The number of nitrogens with one attached hydrogen (secondary N) is 1. The summed E-state index contributed by atoms with van der Waals surface area (Å²) >= 11 is 0. The predicted molar refractivity (Wildman–Crippen MR) is 87.5 cm³/mol. The average molecular weight is 364 g/mol. The van der Waals surface area contributed by atoms with E-state index in [9.17, 15) is 13.2 Å². The Morgan fingerprint density at radius 3 is 2.72 bits per heavy atom. The fourth-order valence-corrected chi connectivity index (χ4v) is 3.58. The zero-order valence-corrected chi connectivity index (χ0v) is 14.0. The molecule has 0 bridgehead atoms. The highest BCUT2D eigenvalue weighted by atomic mass is 32.2. The molecule has 1 aliphatic rings. The molecule has 132 valence electrons. The number of ether oxygens (including phenoxy) is 2. The van der Waals surface area contributed by atoms with Crippen LogP contribution in [-0.4, -0.2) is 44.2 Å². The molecule has 0 aliphatic carbocycles. The maximum Gasteiger partial charge on any atom is 0.354 e. The predicted octanol–water partition coefficient (Wildman–Crippen LogP) is 1.07. The lowest BCUT2D eigenvalue weighted by Gasteiger charge is -2.20. The molecule has 2 aromatic rings. The van der Waals surface area contributed by atoms with Crippen LogP contribution < -0.4 is 14.2 Å². The lowest BCUT2D eigenvalue weighted by atomic mass is 10.2. The molecule has 0 atom stereocenters. The highest BCUT2D eigenvalue weighted by molar-refractivity contribution is 7.89. The van der Waals surface area contributed by atoms with E-state index >= 15 is 0 Å². The lowest BCUT2D eigenvalue weighted by Crippen LogP contribution is -2.28. The number of hydrogen-bond acceptors (Lipinski definition) is 6. The SMILES string of the molecule is O=C(O)c1cccc(CCNS(=O)(=O)c2cccc3c2OCCO3)n1. The lowest BCUT2D eigenvalue weighted by molar-refractivity contribution is 0.0690. The summed E-state index contributed by atoms with van der Waals surface area (Å²) in [5, 5.41) is 8.93. The molecule has 2 N–H and O–H groups in total. The summed E-state index contributed by atoms with van der Waals surface area (Å²) < 4.78 is 38.3. The van der Waals surface area contributed by atoms with Crippen LogP contribution in [0.1, 0.15) is 16.2 Å². The average Bonchev–Trinajstić information content (AvgIpc) is 2.61. The first-order valence-electron chi connectivity index (χ1n) is 7.55. The van der Waals surface area contributed by atoms with Gasteiger partial charge in [0.15, 0.2) is 11.5 Å². The molecule has 0 unspecified atom stereocenters. The normalized spacial score (nSPS) is 13.4. The Kier molecular flexibility index (Phi) is 4.86. The van der Waals surface area contributed by atoms with Crippen LogP contribution in [-0.2, 0) is 16.4 Å². The van der Waals surface area contributed by atoms with E-state index in [0.29, 0.717) is 18.1 Å². The van der Waals surface area contributed by atoms with Gasteiger partial charge < -0.3 is 14.6 Å². The van der Waals surface area contributed by atoms with Crippen molar-refractivity contribution in [3.8, 4) is 11.5 Å². The molecular weight excluding hydrogens is 348 g/mol. The van der Waals surface area contributed by atoms with Crippen molar-refractivity contribution in [2.24, 2.45) is 0 Å². The molecule has 0 fully saturated rings. The molecule has 0 spiro atoms. The molecule has 3 rings (SSSR count). The van der Waals surface area contributed by atoms with Crippen LogP contribution in [0, 0.1) is 0 Å². The Morgan fingerprint density at radius 2 is 1.92 bits per heavy atom. The Balaban J connectivity index is 1.71. The first-order valence-corrected chi connectivity index (χ1v) is 9.03. The molecule has 1 aromatic heterocycles. The Bertz CT molecular complexity index is 897. The van der Waals surface area contributed by atoms with Gasteiger partial charge in [0.25, 0.3) is 0 Å². The number of sulfonamides is 1. The van der Waals surface area contributed by atoms with Gasteiger partial charge in [-0.3, -0.25) is 0 Å². The van der Waals surface area contributed by atoms with E-state index in [1.807, 2.05) is 0 Å². The maximum absolute atomic E-state index is 12.5. The standard InChI is InChI=1S/C16H16N2O6S/c19-16(20)12-4-1-3-11(18-12)7-8-17-25(21,22)14-6-2-5-13-15(14)24-10-9-23-13/h1-6,17H,7-10H2,(H,19,20). The Morgan fingerprint density at radius 1 is 1.16 bits per heavy atom. The number of pyridine rings is 1. The second kappa shape index (κ2) is 7.08. The monoisotopic (exact) mass is 364 g/mol. The Labute approximate surface area is 144 Å². The first kappa shape index (κ1) is 17.2. The first-order chi connectivity index (χ1) is 12.0. The van der Waals surface area contributed by atoms with Crippen LogP contribution >= 0.6 is 0 Å². The van der Waals surface area contributed by atoms with Crippen LogP contribution in [0.3, 0.4) is 0 Å². The number of aromatic carboxylic acids is 1. The van der Waals surface area contributed by atoms with E-state index in [0.717, 1.165) is 0 Å². The molecule has 9 heteroatoms. The third-order valence-corrected chi connectivity index (χ3v) is 5.00. The Hall–Kier alpha value is -2.65. The largest absolute Gasteiger partial charge is 0.486 e. The van der Waals surface area contributed by atoms with E-state index in [-0.39, 0.29) is 35.9 Å². The fourth-order valence-electron chi connectivity index (χ4n) is 2.39. The summed E-state index contributed by atoms with van der Waals surface area (Å²) in [6.45, 7) is 0.726. The summed E-state index contributed by atoms with van der Waals surface area (Å²) in [6.07, 6.45) is 0.257. The third-order valence-electron chi connectivity index (χ3n) is 3.52. The molecule has 8 nitrogen and oxygen atoms in total. The molecule has 1 aromatic carbocycles. The number of rotatable bonds is 6. The van der Waals surface area contributed by atoms with E-state index in [1.165, 1.54) is 12.1 Å². The summed E-state index contributed by atoms with van der Waals surface area (Å²) in [5.74, 6) is -0.535. The van der Waals surface area contributed by atoms with E-state index < -0.39 is 16.0 Å². The number of carboxylic acid groups (broad SMARTS) is 1. The van der Waals surface area contributed by atoms with Gasteiger partial charge in [-0.2, -0.15) is 0 Å². The van der Waals surface area contributed by atoms with Crippen LogP contribution in [0.25, 0.3) is 0 Å². The second-order valence-electron chi connectivity index (χ2n) is 5.25. The van der Waals surface area contributed by atoms with Gasteiger partial charge in [0.1, 0.15) is 23.8 Å². The minimum Gasteiger partial charge on any atom is -0.486 e. The molecule has 0 radical (unpaired) electrons. The maximum atomic E-state index is 12.5. The number of carbonyl (C=O) groups is 1. The van der Waals surface area contributed by atoms with Crippen molar-refractivity contribution >= 4 is 16.0 Å². The van der Waals surface area contributed by atoms with Gasteiger partial charge in [-0.25, -0.2) is 22.9 Å². The number of nitrogens with zero attached hydrogens (tertiary/aromatic N) is 1. The van der Waals surface area contributed by atoms with Gasteiger partial charge in [-0.1, -0.05) is 12.1 Å². The van der Waals surface area contributed by atoms with Gasteiger partial charge in [0.05, 0.1) is 0 Å². The van der Waals surface area contributed by atoms with Crippen molar-refractivity contribution in [1.82, 2.24) is 9.71 Å². The minimum absolute atomic E-state index is 0.0111. The van der Waals surface area contributed by atoms with E-state index in [1.54, 1.807) is 24.3 Å². The van der Waals surface area contributed by atoms with Crippen molar-refractivity contribution in [2.75, 3.05) is 19.8 Å². The molecule has 0 saturated carbocycles. The summed E-state index contributed by atoms with van der Waals surface area (Å²) in [7, 11) is -3.80. The van der Waals surface area contributed by atoms with E-state index in [4.69, 9.17) is 14.6 Å². The van der Waals surface area contributed by atoms with Gasteiger partial charge in [0.2, 0.25) is 10.0 Å². The van der Waals surface area contributed by atoms with Crippen LogP contribution in [0.15, 0.2) is 41.3 Å². The zero-order chi connectivity index (χ0) is 17.9. The van der Waals surface area contributed by atoms with Crippen molar-refractivity contribution in [2.45, 2.75) is 11.3 Å². The third kappa shape index (κ3) is 3.89. The highest BCUT2D eigenvalue weighted by Gasteiger charge is 2.24. The van der Waals surface area contributed by atoms with Crippen molar-refractivity contribution < 1.29 is 27.8 Å². The molecule has 1 aliphatic heterocycles. The molecule has 0 amide bonds. The van der Waals surface area contributed by atoms with Crippen molar-refractivity contribution in [3.05, 3.63) is 47.8 Å². The number of benzene rings is 1. The topological polar surface area (TPSA) is 115 Å². The number of para-hydroxylation sites is 1. The number of hydrogen-bond donors (Lipinski definition) is 2. The van der Waals surface area contributed by atoms with Crippen LogP contribution in [0.5, 0.6) is 11.5 Å². The highest BCUT2D eigenvalue weighted by Crippen LogP contribution is 2.36. The van der Waals surface area contributed by atoms with Crippen molar-refractivity contribution in [3.63, 3.8) is 0 Å². The minimum atomic E-state index is -3.80. The summed E-state index contributed by atoms with van der Waals surface area (Å²) in [6, 6.07) is 9.26. The molecule has 25 heavy (non-hydrogen) atoms. The van der Waals surface area contributed by atoms with E-state index in [2.05, 4.69) is 9.71 Å². The molecular formula is C16H16N2O6S. The number of fused-ring (bicyclic) bond motifs is 1. The van der Waals surface area contributed by atoms with Crippen LogP contribution in [0.2, 0.25) is 0 Å². The molecule has 2 heterocycles. The fraction of sp³-hybridized carbons (Fsp3) is 0.250. The van der Waals surface area contributed by atoms with Gasteiger partial charge in [0, 0.05) is 18.7 Å². The van der Waals surface area contributed by atoms with Gasteiger partial charge in [-0.15, -0.1) is 0 Å². The van der Waals surface area contributed by atoms with Gasteiger partial charge in [-0.05, 0) is 24.3 Å². The van der Waals surface area contributed by atoms with Gasteiger partial charge >= 0.3 is 5.97 Å². The summed E-state index contributed by atoms with van der Waals surface area (Å²) in [5.41, 5.74) is 0.403. The van der Waals surface area contributed by atoms with Crippen LogP contribution in [0.4, 0.5) is 0 Å². The summed E-state index contributed by atoms with van der Waals surface area (Å²) in [4.78, 5) is 14.9. The van der Waals surface area contributed by atoms with Crippen molar-refractivity contribution in [1.29, 1.82) is 0 Å². The second-order valence-corrected chi connectivity index (χ2v) is 6.98. The quantitative estimate of drug-likeness (QED) is 0.788. The molecule has 0 saturated heterocycles. The smallest absolute Gasteiger partial charge is 0.354 e.